The number of nitrogens with one attached hydrogen (secondary N) is 1. The fraction of sp³-hybridized carbons (Fsp3) is 0.188. The molecule has 6 nitrogen and oxygen atoms in total. The number of hydrogen-bond donors (Lipinski definition) is 1. The van der Waals surface area contributed by atoms with Crippen LogP contribution in [0.5, 0.6) is 11.6 Å². The van der Waals surface area contributed by atoms with Crippen molar-refractivity contribution in [3.8, 4) is 22.9 Å². The van der Waals surface area contributed by atoms with Crippen molar-refractivity contribution in [1.82, 2.24) is 9.97 Å². The van der Waals surface area contributed by atoms with E-state index in [0.29, 0.717) is 12.4 Å². The number of aryl methyl sites for hydroxylation is 1. The molecular formula is C32H28N2O4. The summed E-state index contributed by atoms with van der Waals surface area (Å²) in [6.45, 7) is 0.571. The van der Waals surface area contributed by atoms with Crippen LogP contribution in [-0.2, 0) is 30.8 Å². The van der Waals surface area contributed by atoms with Gasteiger partial charge in [-0.05, 0) is 48.1 Å². The van der Waals surface area contributed by atoms with E-state index in [4.69, 9.17) is 19.2 Å². The van der Waals surface area contributed by atoms with Gasteiger partial charge in [0, 0.05) is 28.2 Å². The van der Waals surface area contributed by atoms with Crippen LogP contribution in [0.15, 0.2) is 85.1 Å². The molecule has 0 bridgehead atoms. The number of fused-ring (bicyclic) bond motifs is 5. The Hall–Kier alpha value is -4.58. The number of carbonyl (C=O) groups excluding carboxylic acids is 1. The minimum Gasteiger partial charge on any atom is -0.487 e. The largest absolute Gasteiger partial charge is 0.487 e. The summed E-state index contributed by atoms with van der Waals surface area (Å²) >= 11 is 0. The van der Waals surface area contributed by atoms with Crippen molar-refractivity contribution in [1.29, 1.82) is 0 Å². The standard InChI is InChI=1S/C32H28N2O4/c1-36-32(35)28-30(37-19-21-9-4-2-5-10-21)26-14-8-13-23-24-17-18-33-27(24)16-15-25(23)29(26)34-31(28)38-20-22-11-6-3-7-12-22/h2-7,9-12,15-18,33H,8,13-14,19-20H2,1H3. The van der Waals surface area contributed by atoms with Gasteiger partial charge in [0.15, 0.2) is 5.56 Å². The van der Waals surface area contributed by atoms with Crippen LogP contribution in [0, 0.1) is 0 Å². The van der Waals surface area contributed by atoms with E-state index in [1.54, 1.807) is 0 Å². The summed E-state index contributed by atoms with van der Waals surface area (Å²) in [4.78, 5) is 21.5. The van der Waals surface area contributed by atoms with E-state index in [1.807, 2.05) is 66.9 Å². The third-order valence-electron chi connectivity index (χ3n) is 7.00. The van der Waals surface area contributed by atoms with E-state index < -0.39 is 5.97 Å². The van der Waals surface area contributed by atoms with Crippen molar-refractivity contribution in [2.75, 3.05) is 7.11 Å². The van der Waals surface area contributed by atoms with Crippen molar-refractivity contribution >= 4 is 16.9 Å². The highest BCUT2D eigenvalue weighted by Gasteiger charge is 2.31. The number of benzene rings is 3. The van der Waals surface area contributed by atoms with Crippen LogP contribution in [0.2, 0.25) is 0 Å². The number of hydrogen-bond acceptors (Lipinski definition) is 5. The summed E-state index contributed by atoms with van der Waals surface area (Å²) in [6.07, 6.45) is 4.48. The number of methoxy groups -OCH3 is 1. The van der Waals surface area contributed by atoms with E-state index in [1.165, 1.54) is 18.1 Å². The van der Waals surface area contributed by atoms with Crippen LogP contribution in [0.4, 0.5) is 0 Å². The average Bonchev–Trinajstić information content (AvgIpc) is 3.37. The predicted molar refractivity (Wildman–Crippen MR) is 146 cm³/mol. The molecule has 0 unspecified atom stereocenters. The van der Waals surface area contributed by atoms with E-state index >= 15 is 0 Å². The Morgan fingerprint density at radius 3 is 2.24 bits per heavy atom. The second-order valence-electron chi connectivity index (χ2n) is 9.37. The summed E-state index contributed by atoms with van der Waals surface area (Å²) < 4.78 is 17.9. The zero-order valence-corrected chi connectivity index (χ0v) is 21.2. The molecule has 1 aliphatic carbocycles. The maximum absolute atomic E-state index is 13.2. The number of ether oxygens (including phenoxy) is 3. The first kappa shape index (κ1) is 23.8. The Balaban J connectivity index is 1.53. The first-order valence-corrected chi connectivity index (χ1v) is 12.8. The topological polar surface area (TPSA) is 73.4 Å². The molecule has 0 fully saturated rings. The highest BCUT2D eigenvalue weighted by atomic mass is 16.5. The van der Waals surface area contributed by atoms with Gasteiger partial charge in [-0.3, -0.25) is 0 Å². The highest BCUT2D eigenvalue weighted by molar-refractivity contribution is 5.98. The van der Waals surface area contributed by atoms with Gasteiger partial charge in [-0.2, -0.15) is 0 Å². The lowest BCUT2D eigenvalue weighted by molar-refractivity contribution is 0.0588. The van der Waals surface area contributed by atoms with Gasteiger partial charge in [-0.15, -0.1) is 0 Å². The molecular weight excluding hydrogens is 476 g/mol. The van der Waals surface area contributed by atoms with Crippen LogP contribution >= 0.6 is 0 Å². The van der Waals surface area contributed by atoms with Gasteiger partial charge in [-0.1, -0.05) is 66.7 Å². The SMILES string of the molecule is COC(=O)c1c(OCc2ccccc2)nc2c(c1OCc1ccccc1)CCCc1c-2ccc2[nH]ccc12. The first-order chi connectivity index (χ1) is 18.7. The molecule has 0 spiro atoms. The first-order valence-electron chi connectivity index (χ1n) is 12.8. The fourth-order valence-electron chi connectivity index (χ4n) is 5.17. The number of rotatable bonds is 7. The molecule has 38 heavy (non-hydrogen) atoms. The second-order valence-corrected chi connectivity index (χ2v) is 9.37. The van der Waals surface area contributed by atoms with Gasteiger partial charge in [0.2, 0.25) is 5.88 Å². The van der Waals surface area contributed by atoms with Gasteiger partial charge in [-0.25, -0.2) is 9.78 Å². The Bertz CT molecular complexity index is 1590. The molecule has 3 aromatic carbocycles. The van der Waals surface area contributed by atoms with Crippen LogP contribution in [0.1, 0.15) is 39.0 Å². The minimum absolute atomic E-state index is 0.213. The molecule has 0 radical (unpaired) electrons. The lowest BCUT2D eigenvalue weighted by atomic mass is 9.97. The molecule has 6 rings (SSSR count). The summed E-state index contributed by atoms with van der Waals surface area (Å²) in [7, 11) is 1.37. The van der Waals surface area contributed by atoms with Crippen LogP contribution in [0.3, 0.4) is 0 Å². The third-order valence-corrected chi connectivity index (χ3v) is 7.00. The Morgan fingerprint density at radius 2 is 1.53 bits per heavy atom. The third kappa shape index (κ3) is 4.50. The van der Waals surface area contributed by atoms with Crippen LogP contribution in [0.25, 0.3) is 22.2 Å². The molecule has 0 saturated carbocycles. The Morgan fingerprint density at radius 1 is 0.842 bits per heavy atom. The molecule has 0 amide bonds. The maximum atomic E-state index is 13.2. The molecule has 0 saturated heterocycles. The number of aromatic amines is 1. The van der Waals surface area contributed by atoms with Gasteiger partial charge in [0.1, 0.15) is 19.0 Å². The summed E-state index contributed by atoms with van der Waals surface area (Å²) in [5.41, 5.74) is 7.27. The predicted octanol–water partition coefficient (Wildman–Crippen LogP) is 6.66. The normalized spacial score (nSPS) is 12.3. The number of esters is 1. The number of carbonyl (C=O) groups is 1. The smallest absolute Gasteiger partial charge is 0.347 e. The summed E-state index contributed by atoms with van der Waals surface area (Å²) in [5, 5.41) is 1.19. The van der Waals surface area contributed by atoms with E-state index in [-0.39, 0.29) is 18.1 Å². The summed E-state index contributed by atoms with van der Waals surface area (Å²) in [5.74, 6) is 0.164. The van der Waals surface area contributed by atoms with Gasteiger partial charge in [0.05, 0.1) is 12.8 Å². The van der Waals surface area contributed by atoms with Crippen LogP contribution < -0.4 is 9.47 Å². The van der Waals surface area contributed by atoms with Crippen LogP contribution in [-0.4, -0.2) is 23.0 Å². The number of pyridine rings is 1. The molecule has 1 aliphatic rings. The lowest BCUT2D eigenvalue weighted by Gasteiger charge is -2.20. The fourth-order valence-corrected chi connectivity index (χ4v) is 5.17. The van der Waals surface area contributed by atoms with Crippen molar-refractivity contribution in [3.63, 3.8) is 0 Å². The van der Waals surface area contributed by atoms with Crippen molar-refractivity contribution in [2.24, 2.45) is 0 Å². The van der Waals surface area contributed by atoms with Gasteiger partial charge < -0.3 is 19.2 Å². The molecule has 1 N–H and O–H groups in total. The molecule has 0 aliphatic heterocycles. The minimum atomic E-state index is -0.531. The quantitative estimate of drug-likeness (QED) is 0.251. The zero-order valence-electron chi connectivity index (χ0n) is 21.2. The summed E-state index contributed by atoms with van der Waals surface area (Å²) in [6, 6.07) is 26.0. The molecule has 190 valence electrons. The molecule has 2 heterocycles. The highest BCUT2D eigenvalue weighted by Crippen LogP contribution is 2.43. The lowest BCUT2D eigenvalue weighted by Crippen LogP contribution is -2.14. The zero-order chi connectivity index (χ0) is 25.9. The molecule has 0 atom stereocenters. The number of aromatic nitrogens is 2. The number of H-pyrrole nitrogens is 1. The average molecular weight is 505 g/mol. The second kappa shape index (κ2) is 10.4. The van der Waals surface area contributed by atoms with E-state index in [0.717, 1.165) is 52.7 Å². The Labute approximate surface area is 221 Å². The van der Waals surface area contributed by atoms with E-state index in [2.05, 4.69) is 23.2 Å². The number of nitrogens with zero attached hydrogens (tertiary/aromatic N) is 1. The Kier molecular flexibility index (Phi) is 6.53. The van der Waals surface area contributed by atoms with Gasteiger partial charge >= 0.3 is 5.97 Å². The maximum Gasteiger partial charge on any atom is 0.347 e. The molecule has 2 aromatic heterocycles. The molecule has 5 aromatic rings. The van der Waals surface area contributed by atoms with Gasteiger partial charge in [0.25, 0.3) is 0 Å². The van der Waals surface area contributed by atoms with Crippen molar-refractivity contribution in [3.05, 3.63) is 113 Å². The van der Waals surface area contributed by atoms with Crippen molar-refractivity contribution in [2.45, 2.75) is 32.5 Å². The molecule has 6 heteroatoms. The van der Waals surface area contributed by atoms with E-state index in [9.17, 15) is 4.79 Å². The monoisotopic (exact) mass is 504 g/mol. The van der Waals surface area contributed by atoms with Crippen molar-refractivity contribution < 1.29 is 19.0 Å².